The van der Waals surface area contributed by atoms with Crippen LogP contribution in [-0.2, 0) is 16.0 Å². The number of hydrogen-bond donors (Lipinski definition) is 1. The van der Waals surface area contributed by atoms with E-state index >= 15 is 0 Å². The number of rotatable bonds is 9. The highest BCUT2D eigenvalue weighted by Gasteiger charge is 2.25. The summed E-state index contributed by atoms with van der Waals surface area (Å²) in [7, 11) is 0. The predicted octanol–water partition coefficient (Wildman–Crippen LogP) is 9.05. The topological polar surface area (TPSA) is 58.6 Å². The van der Waals surface area contributed by atoms with Gasteiger partial charge in [0.2, 0.25) is 0 Å². The number of nitrogens with zero attached hydrogens (tertiary/aromatic N) is 1. The molecule has 0 spiro atoms. The number of halogens is 2. The molecule has 8 heteroatoms. The van der Waals surface area contributed by atoms with Crippen molar-refractivity contribution >= 4 is 58.3 Å². The van der Waals surface area contributed by atoms with Crippen LogP contribution in [0.3, 0.4) is 0 Å². The second-order valence-corrected chi connectivity index (χ2v) is 10.6. The molecule has 0 saturated heterocycles. The Morgan fingerprint density at radius 1 is 0.897 bits per heavy atom. The predicted molar refractivity (Wildman–Crippen MR) is 160 cm³/mol. The summed E-state index contributed by atoms with van der Waals surface area (Å²) in [6.45, 7) is 4.15. The Morgan fingerprint density at radius 3 is 2.33 bits per heavy atom. The Hall–Kier alpha value is -3.45. The highest BCUT2D eigenvalue weighted by Crippen LogP contribution is 2.35. The number of carbonyl (C=O) groups excluding carboxylic acids is 2. The van der Waals surface area contributed by atoms with Gasteiger partial charge in [-0.05, 0) is 67.4 Å². The van der Waals surface area contributed by atoms with E-state index in [-0.39, 0.29) is 29.5 Å². The molecule has 0 radical (unpaired) electrons. The molecule has 0 aliphatic carbocycles. The molecule has 4 rings (SSSR count). The summed E-state index contributed by atoms with van der Waals surface area (Å²) in [5, 5.41) is 3.58. The molecule has 4 aromatic rings. The molecule has 0 aliphatic heterocycles. The quantitative estimate of drug-likeness (QED) is 0.201. The van der Waals surface area contributed by atoms with Crippen LogP contribution in [0.5, 0.6) is 0 Å². The lowest BCUT2D eigenvalue weighted by molar-refractivity contribution is -0.142. The molecule has 4 aromatic carbocycles. The van der Waals surface area contributed by atoms with Crippen molar-refractivity contribution in [2.75, 3.05) is 16.8 Å². The summed E-state index contributed by atoms with van der Waals surface area (Å²) >= 11 is 14.1. The van der Waals surface area contributed by atoms with E-state index in [1.807, 2.05) is 85.8 Å². The molecule has 0 bridgehead atoms. The zero-order chi connectivity index (χ0) is 27.8. The van der Waals surface area contributed by atoms with Gasteiger partial charge >= 0.3 is 12.0 Å². The molecule has 0 heterocycles. The lowest BCUT2D eigenvalue weighted by Gasteiger charge is -2.30. The zero-order valence-corrected chi connectivity index (χ0v) is 23.9. The molecular weight excluding hydrogens is 551 g/mol. The van der Waals surface area contributed by atoms with E-state index in [1.54, 1.807) is 41.8 Å². The number of carbonyl (C=O) groups is 2. The first kappa shape index (κ1) is 28.6. The second kappa shape index (κ2) is 13.6. The van der Waals surface area contributed by atoms with Gasteiger partial charge in [-0.15, -0.1) is 0 Å². The van der Waals surface area contributed by atoms with Crippen molar-refractivity contribution in [1.82, 2.24) is 0 Å². The zero-order valence-electron chi connectivity index (χ0n) is 21.6. The summed E-state index contributed by atoms with van der Waals surface area (Å²) in [5.74, 6) is -0.240. The van der Waals surface area contributed by atoms with Gasteiger partial charge in [-0.25, -0.2) is 4.79 Å². The second-order valence-electron chi connectivity index (χ2n) is 8.71. The van der Waals surface area contributed by atoms with Crippen molar-refractivity contribution in [2.24, 2.45) is 0 Å². The number of hydrogen-bond acceptors (Lipinski definition) is 4. The van der Waals surface area contributed by atoms with Gasteiger partial charge in [0.25, 0.3) is 0 Å². The van der Waals surface area contributed by atoms with Crippen LogP contribution in [-0.4, -0.2) is 18.6 Å². The summed E-state index contributed by atoms with van der Waals surface area (Å²) in [5.41, 5.74) is 3.05. The SMILES string of the molecule is CCOC(=O)Cc1ccc(Sc2cccc(N(C(=O)Nc3cccc(Cl)c3Cl)C(C)c3ccccc3)c2)cc1. The maximum atomic E-state index is 13.7. The maximum Gasteiger partial charge on any atom is 0.326 e. The molecule has 0 saturated carbocycles. The minimum Gasteiger partial charge on any atom is -0.466 e. The summed E-state index contributed by atoms with van der Waals surface area (Å²) in [6, 6.07) is 30.0. The largest absolute Gasteiger partial charge is 0.466 e. The van der Waals surface area contributed by atoms with Crippen molar-refractivity contribution in [3.05, 3.63) is 118 Å². The van der Waals surface area contributed by atoms with Crippen LogP contribution >= 0.6 is 35.0 Å². The first-order chi connectivity index (χ1) is 18.9. The average molecular weight is 580 g/mol. The number of urea groups is 1. The molecule has 0 fully saturated rings. The van der Waals surface area contributed by atoms with Gasteiger partial charge in [-0.2, -0.15) is 0 Å². The Balaban J connectivity index is 1.59. The Kier molecular flexibility index (Phi) is 9.93. The molecule has 0 aromatic heterocycles. The van der Waals surface area contributed by atoms with Gasteiger partial charge < -0.3 is 10.1 Å². The molecule has 1 unspecified atom stereocenters. The molecule has 39 heavy (non-hydrogen) atoms. The van der Waals surface area contributed by atoms with E-state index in [0.29, 0.717) is 17.3 Å². The molecule has 2 amide bonds. The van der Waals surface area contributed by atoms with E-state index in [0.717, 1.165) is 26.6 Å². The van der Waals surface area contributed by atoms with Crippen molar-refractivity contribution in [3.8, 4) is 0 Å². The van der Waals surface area contributed by atoms with Crippen LogP contribution in [0.4, 0.5) is 16.2 Å². The first-order valence-corrected chi connectivity index (χ1v) is 14.0. The number of nitrogens with one attached hydrogen (secondary N) is 1. The fraction of sp³-hybridized carbons (Fsp3) is 0.161. The van der Waals surface area contributed by atoms with Gasteiger partial charge in [0.15, 0.2) is 0 Å². The molecule has 5 nitrogen and oxygen atoms in total. The minimum absolute atomic E-state index is 0.240. The number of benzene rings is 4. The normalized spacial score (nSPS) is 11.5. The third kappa shape index (κ3) is 7.57. The van der Waals surface area contributed by atoms with E-state index in [1.165, 1.54) is 0 Å². The van der Waals surface area contributed by atoms with Crippen molar-refractivity contribution in [3.63, 3.8) is 0 Å². The third-order valence-corrected chi connectivity index (χ3v) is 7.81. The Labute approximate surface area is 243 Å². The molecular formula is C31H28Cl2N2O3S. The van der Waals surface area contributed by atoms with Gasteiger partial charge in [0, 0.05) is 15.5 Å². The lowest BCUT2D eigenvalue weighted by Crippen LogP contribution is -2.37. The van der Waals surface area contributed by atoms with Crippen LogP contribution in [0.2, 0.25) is 10.0 Å². The van der Waals surface area contributed by atoms with Gasteiger partial charge in [0.1, 0.15) is 0 Å². The highest BCUT2D eigenvalue weighted by molar-refractivity contribution is 7.99. The van der Waals surface area contributed by atoms with Crippen LogP contribution in [0.25, 0.3) is 0 Å². The van der Waals surface area contributed by atoms with E-state index < -0.39 is 0 Å². The lowest BCUT2D eigenvalue weighted by atomic mass is 10.1. The fourth-order valence-corrected chi connectivity index (χ4v) is 5.28. The van der Waals surface area contributed by atoms with E-state index in [2.05, 4.69) is 5.32 Å². The van der Waals surface area contributed by atoms with Gasteiger partial charge in [-0.3, -0.25) is 9.69 Å². The number of esters is 1. The van der Waals surface area contributed by atoms with Crippen molar-refractivity contribution in [2.45, 2.75) is 36.1 Å². The molecule has 0 aliphatic rings. The standard InChI is InChI=1S/C31H28Cl2N2O3S/c1-3-38-29(36)19-22-15-17-25(18-16-22)39-26-12-7-11-24(20-26)35(21(2)23-9-5-4-6-10-23)31(37)34-28-14-8-13-27(32)30(28)33/h4-18,20-21H,3,19H2,1-2H3,(H,34,37). The summed E-state index contributed by atoms with van der Waals surface area (Å²) < 4.78 is 5.03. The number of anilines is 2. The monoisotopic (exact) mass is 578 g/mol. The number of ether oxygens (including phenoxy) is 1. The summed E-state index contributed by atoms with van der Waals surface area (Å²) in [6.07, 6.45) is 0.242. The Bertz CT molecular complexity index is 1430. The third-order valence-electron chi connectivity index (χ3n) is 5.99. The van der Waals surface area contributed by atoms with Crippen LogP contribution in [0, 0.1) is 0 Å². The number of amides is 2. The van der Waals surface area contributed by atoms with Crippen LogP contribution in [0.1, 0.15) is 31.0 Å². The highest BCUT2D eigenvalue weighted by atomic mass is 35.5. The molecule has 1 N–H and O–H groups in total. The maximum absolute atomic E-state index is 13.7. The van der Waals surface area contributed by atoms with Crippen molar-refractivity contribution < 1.29 is 14.3 Å². The smallest absolute Gasteiger partial charge is 0.326 e. The fourth-order valence-electron chi connectivity index (χ4n) is 4.06. The summed E-state index contributed by atoms with van der Waals surface area (Å²) in [4.78, 5) is 29.2. The molecule has 1 atom stereocenters. The Morgan fingerprint density at radius 2 is 1.62 bits per heavy atom. The van der Waals surface area contributed by atoms with Gasteiger partial charge in [0.05, 0.1) is 34.8 Å². The first-order valence-electron chi connectivity index (χ1n) is 12.5. The minimum atomic E-state index is -0.332. The molecule has 200 valence electrons. The van der Waals surface area contributed by atoms with Gasteiger partial charge in [-0.1, -0.05) is 89.6 Å². The average Bonchev–Trinajstić information content (AvgIpc) is 2.93. The van der Waals surface area contributed by atoms with E-state index in [9.17, 15) is 9.59 Å². The van der Waals surface area contributed by atoms with Crippen LogP contribution < -0.4 is 10.2 Å². The van der Waals surface area contributed by atoms with E-state index in [4.69, 9.17) is 27.9 Å². The van der Waals surface area contributed by atoms with Crippen LogP contribution in [0.15, 0.2) is 107 Å². The van der Waals surface area contributed by atoms with Crippen molar-refractivity contribution in [1.29, 1.82) is 0 Å².